The molecule has 0 bridgehead atoms. The molecule has 138 valence electrons. The summed E-state index contributed by atoms with van der Waals surface area (Å²) in [6.07, 6.45) is 0.904. The van der Waals surface area contributed by atoms with E-state index in [9.17, 15) is 18.4 Å². The van der Waals surface area contributed by atoms with Crippen molar-refractivity contribution in [3.8, 4) is 6.07 Å². The van der Waals surface area contributed by atoms with Gasteiger partial charge in [-0.25, -0.2) is 13.6 Å². The first kappa shape index (κ1) is 15.7. The van der Waals surface area contributed by atoms with Gasteiger partial charge in [-0.3, -0.25) is 9.78 Å². The number of anilines is 1. The highest BCUT2D eigenvalue weighted by molar-refractivity contribution is 5.94. The summed E-state index contributed by atoms with van der Waals surface area (Å²) in [6.45, 7) is -1.61. The minimum absolute atomic E-state index is 0.0618. The molecule has 7 nitrogen and oxygen atoms in total. The minimum atomic E-state index is -2.44. The number of carbonyl (C=O) groups is 2. The molecular weight excluding hydrogens is 356 g/mol. The fourth-order valence-electron chi connectivity index (χ4n) is 2.59. The summed E-state index contributed by atoms with van der Waals surface area (Å²) in [5.74, 6) is -2.13. The fourth-order valence-corrected chi connectivity index (χ4v) is 2.59. The molecule has 1 aliphatic rings. The van der Waals surface area contributed by atoms with Crippen LogP contribution >= 0.6 is 0 Å². The van der Waals surface area contributed by atoms with E-state index < -0.39 is 42.7 Å². The van der Waals surface area contributed by atoms with E-state index in [0.29, 0.717) is 4.90 Å². The van der Waals surface area contributed by atoms with Crippen LogP contribution in [0.2, 0.25) is 0 Å². The molecule has 0 unspecified atom stereocenters. The van der Waals surface area contributed by atoms with Crippen LogP contribution in [0.15, 0.2) is 30.5 Å². The smallest absolute Gasteiger partial charge is 0.322 e. The monoisotopic (exact) mass is 373 g/mol. The number of urea groups is 1. The molecule has 0 radical (unpaired) electrons. The van der Waals surface area contributed by atoms with Crippen LogP contribution in [-0.4, -0.2) is 28.4 Å². The van der Waals surface area contributed by atoms with Gasteiger partial charge in [0.25, 0.3) is 0 Å². The van der Waals surface area contributed by atoms with Crippen molar-refractivity contribution >= 4 is 17.6 Å². The third kappa shape index (κ3) is 4.00. The number of amides is 3. The van der Waals surface area contributed by atoms with Gasteiger partial charge >= 0.3 is 6.03 Å². The maximum atomic E-state index is 13.5. The fraction of sp³-hybridized carbons (Fsp3) is 0.222. The number of nitrogens with zero attached hydrogens (tertiary/aromatic N) is 3. The Balaban J connectivity index is 1.78. The molecule has 1 atom stereocenters. The SMILES string of the molecule is [2H]C1([2H])c2cc(F)ccc2NC(=O)N1CC(=O)N[C@@H](C)c1ncc(F)cc1C#N. The van der Waals surface area contributed by atoms with Crippen molar-refractivity contribution in [3.05, 3.63) is 58.9 Å². The molecule has 0 fully saturated rings. The largest absolute Gasteiger partial charge is 0.346 e. The van der Waals surface area contributed by atoms with Gasteiger partial charge in [0.1, 0.15) is 24.2 Å². The van der Waals surface area contributed by atoms with Gasteiger partial charge in [0.2, 0.25) is 5.91 Å². The van der Waals surface area contributed by atoms with Gasteiger partial charge in [0.05, 0.1) is 32.7 Å². The van der Waals surface area contributed by atoms with Crippen LogP contribution in [0.4, 0.5) is 19.3 Å². The average molecular weight is 373 g/mol. The number of hydrogen-bond donors (Lipinski definition) is 2. The number of rotatable bonds is 4. The molecule has 1 aliphatic heterocycles. The van der Waals surface area contributed by atoms with Crippen LogP contribution in [0.3, 0.4) is 0 Å². The Morgan fingerprint density at radius 1 is 1.48 bits per heavy atom. The van der Waals surface area contributed by atoms with E-state index in [1.807, 2.05) is 0 Å². The summed E-state index contributed by atoms with van der Waals surface area (Å²) < 4.78 is 43.2. The molecule has 1 aromatic heterocycles. The van der Waals surface area contributed by atoms with Crippen LogP contribution in [0, 0.1) is 23.0 Å². The number of nitriles is 1. The van der Waals surface area contributed by atoms with Gasteiger partial charge in [-0.2, -0.15) is 5.26 Å². The molecule has 0 saturated heterocycles. The van der Waals surface area contributed by atoms with Crippen LogP contribution < -0.4 is 10.6 Å². The highest BCUT2D eigenvalue weighted by atomic mass is 19.1. The van der Waals surface area contributed by atoms with Crippen molar-refractivity contribution in [2.75, 3.05) is 11.9 Å². The summed E-state index contributed by atoms with van der Waals surface area (Å²) in [7, 11) is 0. The van der Waals surface area contributed by atoms with E-state index in [2.05, 4.69) is 15.6 Å². The molecule has 2 heterocycles. The van der Waals surface area contributed by atoms with Crippen LogP contribution in [0.25, 0.3) is 0 Å². The lowest BCUT2D eigenvalue weighted by Crippen LogP contribution is -2.45. The molecule has 3 amide bonds. The molecule has 1 aromatic carbocycles. The lowest BCUT2D eigenvalue weighted by molar-refractivity contribution is -0.122. The first-order valence-corrected chi connectivity index (χ1v) is 7.87. The Labute approximate surface area is 156 Å². The molecule has 0 spiro atoms. The number of nitrogens with one attached hydrogen (secondary N) is 2. The van der Waals surface area contributed by atoms with Crippen molar-refractivity contribution < 1.29 is 21.1 Å². The number of carbonyl (C=O) groups excluding carboxylic acids is 2. The van der Waals surface area contributed by atoms with Gasteiger partial charge in [0, 0.05) is 5.69 Å². The number of aromatic nitrogens is 1. The van der Waals surface area contributed by atoms with E-state index in [0.717, 1.165) is 24.4 Å². The Morgan fingerprint density at radius 2 is 2.26 bits per heavy atom. The van der Waals surface area contributed by atoms with Crippen molar-refractivity contribution in [1.29, 1.82) is 5.26 Å². The molecule has 3 rings (SSSR count). The minimum Gasteiger partial charge on any atom is -0.346 e. The zero-order valence-electron chi connectivity index (χ0n) is 16.1. The molecule has 27 heavy (non-hydrogen) atoms. The van der Waals surface area contributed by atoms with Crippen LogP contribution in [-0.2, 0) is 11.3 Å². The van der Waals surface area contributed by atoms with Gasteiger partial charge in [-0.05, 0) is 36.8 Å². The van der Waals surface area contributed by atoms with Gasteiger partial charge in [0.15, 0.2) is 0 Å². The Kier molecular flexibility index (Phi) is 4.28. The summed E-state index contributed by atoms with van der Waals surface area (Å²) >= 11 is 0. The number of benzene rings is 1. The first-order chi connectivity index (χ1) is 13.6. The normalized spacial score (nSPS) is 17.0. The quantitative estimate of drug-likeness (QED) is 0.860. The second-order valence-electron chi connectivity index (χ2n) is 5.81. The Bertz CT molecular complexity index is 1040. The summed E-state index contributed by atoms with van der Waals surface area (Å²) in [5.41, 5.74) is 0.0551. The number of hydrogen-bond acceptors (Lipinski definition) is 4. The predicted molar refractivity (Wildman–Crippen MR) is 91.3 cm³/mol. The van der Waals surface area contributed by atoms with Crippen molar-refractivity contribution in [2.24, 2.45) is 0 Å². The number of fused-ring (bicyclic) bond motifs is 1. The third-order valence-electron chi connectivity index (χ3n) is 3.82. The first-order valence-electron chi connectivity index (χ1n) is 8.87. The van der Waals surface area contributed by atoms with E-state index in [4.69, 9.17) is 8.00 Å². The predicted octanol–water partition coefficient (Wildman–Crippen LogP) is 2.46. The maximum Gasteiger partial charge on any atom is 0.322 e. The standard InChI is InChI=1S/C18H15F2N5O2/c1-10(17-11(6-21)4-14(20)7-22-17)23-16(26)9-25-8-12-5-13(19)2-3-15(12)24-18(25)27/h2-5,7,10H,8-9H2,1H3,(H,23,26)(H,24,27)/t10-/m0/s1/i8D2. The van der Waals surface area contributed by atoms with E-state index in [-0.39, 0.29) is 22.5 Å². The average Bonchev–Trinajstić information content (AvgIpc) is 2.65. The highest BCUT2D eigenvalue weighted by Crippen LogP contribution is 2.24. The zero-order valence-corrected chi connectivity index (χ0v) is 14.1. The van der Waals surface area contributed by atoms with Crippen molar-refractivity contribution in [3.63, 3.8) is 0 Å². The second kappa shape index (κ2) is 7.37. The molecule has 2 aromatic rings. The third-order valence-corrected chi connectivity index (χ3v) is 3.82. The van der Waals surface area contributed by atoms with Crippen LogP contribution in [0.1, 0.15) is 32.5 Å². The van der Waals surface area contributed by atoms with E-state index in [1.165, 1.54) is 13.0 Å². The maximum absolute atomic E-state index is 13.5. The highest BCUT2D eigenvalue weighted by Gasteiger charge is 2.25. The lowest BCUT2D eigenvalue weighted by Gasteiger charge is -2.29. The van der Waals surface area contributed by atoms with E-state index >= 15 is 0 Å². The van der Waals surface area contributed by atoms with Gasteiger partial charge in [-0.15, -0.1) is 0 Å². The second-order valence-corrected chi connectivity index (χ2v) is 5.81. The summed E-state index contributed by atoms with van der Waals surface area (Å²) in [6, 6.07) is 4.37. The lowest BCUT2D eigenvalue weighted by atomic mass is 10.1. The summed E-state index contributed by atoms with van der Waals surface area (Å²) in [4.78, 5) is 29.1. The Hall–Kier alpha value is -3.54. The number of pyridine rings is 1. The number of halogens is 2. The molecule has 0 saturated carbocycles. The topological polar surface area (TPSA) is 98.1 Å². The summed E-state index contributed by atoms with van der Waals surface area (Å²) in [5, 5.41) is 14.0. The van der Waals surface area contributed by atoms with E-state index in [1.54, 1.807) is 6.07 Å². The molecule has 0 aliphatic carbocycles. The van der Waals surface area contributed by atoms with Gasteiger partial charge < -0.3 is 15.5 Å². The van der Waals surface area contributed by atoms with Gasteiger partial charge in [-0.1, -0.05) is 0 Å². The zero-order chi connectivity index (χ0) is 21.3. The van der Waals surface area contributed by atoms with Crippen molar-refractivity contribution in [2.45, 2.75) is 19.5 Å². The van der Waals surface area contributed by atoms with Crippen molar-refractivity contribution in [1.82, 2.24) is 15.2 Å². The van der Waals surface area contributed by atoms with Crippen LogP contribution in [0.5, 0.6) is 0 Å². The molecular formula is C18H15F2N5O2. The Morgan fingerprint density at radius 3 is 3.00 bits per heavy atom. The molecule has 2 N–H and O–H groups in total. The molecule has 9 heteroatoms.